The second-order valence-corrected chi connectivity index (χ2v) is 8.57. The van der Waals surface area contributed by atoms with E-state index in [4.69, 9.17) is 0 Å². The summed E-state index contributed by atoms with van der Waals surface area (Å²) in [5.74, 6) is 0. The number of unbranched alkanes of at least 4 members (excludes halogenated alkanes) is 1. The third-order valence-electron chi connectivity index (χ3n) is 3.41. The Bertz CT molecular complexity index is 536. The standard InChI is InChI=1S/C14H25N3O2S2/c1-17(2)8-4-3-7-16-21(18,19)14-9-13(20-11-14)10-15-12-5-6-12/h9,11-12,15-16H,3-8,10H2,1-2H3. The van der Waals surface area contributed by atoms with E-state index < -0.39 is 10.0 Å². The van der Waals surface area contributed by atoms with Gasteiger partial charge in [-0.25, -0.2) is 13.1 Å². The molecule has 0 radical (unpaired) electrons. The summed E-state index contributed by atoms with van der Waals surface area (Å²) in [7, 11) is 0.697. The van der Waals surface area contributed by atoms with Crippen LogP contribution >= 0.6 is 11.3 Å². The van der Waals surface area contributed by atoms with Gasteiger partial charge in [-0.1, -0.05) is 0 Å². The Kier molecular flexibility index (Phi) is 6.19. The van der Waals surface area contributed by atoms with Crippen LogP contribution < -0.4 is 10.0 Å². The molecule has 0 saturated heterocycles. The van der Waals surface area contributed by atoms with Gasteiger partial charge < -0.3 is 10.2 Å². The van der Waals surface area contributed by atoms with Gasteiger partial charge >= 0.3 is 0 Å². The van der Waals surface area contributed by atoms with E-state index in [1.807, 2.05) is 14.1 Å². The maximum absolute atomic E-state index is 12.2. The maximum atomic E-state index is 12.2. The number of hydrogen-bond acceptors (Lipinski definition) is 5. The lowest BCUT2D eigenvalue weighted by molar-refractivity contribution is 0.394. The van der Waals surface area contributed by atoms with Gasteiger partial charge in [-0.15, -0.1) is 11.3 Å². The Morgan fingerprint density at radius 2 is 2.10 bits per heavy atom. The summed E-state index contributed by atoms with van der Waals surface area (Å²) in [6.07, 6.45) is 4.34. The molecule has 7 heteroatoms. The van der Waals surface area contributed by atoms with Gasteiger partial charge in [-0.3, -0.25) is 0 Å². The van der Waals surface area contributed by atoms with Crippen LogP contribution in [-0.4, -0.2) is 46.5 Å². The molecule has 21 heavy (non-hydrogen) atoms. The van der Waals surface area contributed by atoms with Crippen molar-refractivity contribution in [2.75, 3.05) is 27.2 Å². The van der Waals surface area contributed by atoms with Gasteiger partial charge in [0, 0.05) is 29.4 Å². The first-order valence-corrected chi connectivity index (χ1v) is 9.79. The fraction of sp³-hybridized carbons (Fsp3) is 0.714. The normalized spacial score (nSPS) is 15.8. The summed E-state index contributed by atoms with van der Waals surface area (Å²) >= 11 is 1.51. The first-order valence-electron chi connectivity index (χ1n) is 7.42. The van der Waals surface area contributed by atoms with E-state index in [-0.39, 0.29) is 0 Å². The smallest absolute Gasteiger partial charge is 0.241 e. The lowest BCUT2D eigenvalue weighted by Crippen LogP contribution is -2.25. The summed E-state index contributed by atoms with van der Waals surface area (Å²) in [6, 6.07) is 2.42. The molecule has 2 rings (SSSR count). The molecule has 0 atom stereocenters. The average molecular weight is 332 g/mol. The SMILES string of the molecule is CN(C)CCCCNS(=O)(=O)c1csc(CNC2CC2)c1. The van der Waals surface area contributed by atoms with E-state index in [1.54, 1.807) is 11.4 Å². The monoisotopic (exact) mass is 331 g/mol. The van der Waals surface area contributed by atoms with E-state index in [1.165, 1.54) is 24.2 Å². The summed E-state index contributed by atoms with van der Waals surface area (Å²) in [6.45, 7) is 2.26. The average Bonchev–Trinajstić information content (AvgIpc) is 3.11. The number of hydrogen-bond donors (Lipinski definition) is 2. The van der Waals surface area contributed by atoms with Crippen LogP contribution in [0.3, 0.4) is 0 Å². The largest absolute Gasteiger partial charge is 0.309 e. The van der Waals surface area contributed by atoms with Crippen LogP contribution in [0.5, 0.6) is 0 Å². The summed E-state index contributed by atoms with van der Waals surface area (Å²) in [5, 5.41) is 5.13. The number of rotatable bonds is 10. The molecule has 5 nitrogen and oxygen atoms in total. The second kappa shape index (κ2) is 7.69. The Balaban J connectivity index is 1.75. The van der Waals surface area contributed by atoms with Crippen LogP contribution in [0.1, 0.15) is 30.6 Å². The number of nitrogens with one attached hydrogen (secondary N) is 2. The third kappa shape index (κ3) is 6.04. The van der Waals surface area contributed by atoms with E-state index in [2.05, 4.69) is 14.9 Å². The molecular weight excluding hydrogens is 306 g/mol. The van der Waals surface area contributed by atoms with Gasteiger partial charge in [0.15, 0.2) is 0 Å². The highest BCUT2D eigenvalue weighted by Gasteiger charge is 2.21. The Morgan fingerprint density at radius 1 is 1.33 bits per heavy atom. The number of nitrogens with zero attached hydrogens (tertiary/aromatic N) is 1. The fourth-order valence-electron chi connectivity index (χ4n) is 1.97. The van der Waals surface area contributed by atoms with Crippen LogP contribution in [0.25, 0.3) is 0 Å². The zero-order chi connectivity index (χ0) is 15.3. The molecule has 0 spiro atoms. The molecule has 1 saturated carbocycles. The van der Waals surface area contributed by atoms with Gasteiger partial charge in [0.1, 0.15) is 0 Å². The van der Waals surface area contributed by atoms with Crippen molar-refractivity contribution < 1.29 is 8.42 Å². The Hall–Kier alpha value is -0.470. The number of sulfonamides is 1. The topological polar surface area (TPSA) is 61.4 Å². The molecule has 0 aliphatic heterocycles. The minimum atomic E-state index is -3.34. The van der Waals surface area contributed by atoms with E-state index >= 15 is 0 Å². The maximum Gasteiger partial charge on any atom is 0.241 e. The van der Waals surface area contributed by atoms with E-state index in [0.717, 1.165) is 30.8 Å². The van der Waals surface area contributed by atoms with Crippen molar-refractivity contribution in [2.45, 2.75) is 43.2 Å². The second-order valence-electron chi connectivity index (χ2n) is 5.81. The molecule has 1 aromatic rings. The Labute approximate surface area is 131 Å². The first kappa shape index (κ1) is 16.9. The minimum absolute atomic E-state index is 0.396. The van der Waals surface area contributed by atoms with Crippen molar-refractivity contribution in [2.24, 2.45) is 0 Å². The van der Waals surface area contributed by atoms with Crippen molar-refractivity contribution >= 4 is 21.4 Å². The molecule has 0 unspecified atom stereocenters. The molecule has 0 aromatic carbocycles. The lowest BCUT2D eigenvalue weighted by atomic mass is 10.3. The molecule has 1 aliphatic rings. The van der Waals surface area contributed by atoms with Crippen molar-refractivity contribution in [1.82, 2.24) is 14.9 Å². The Morgan fingerprint density at radius 3 is 2.76 bits per heavy atom. The predicted octanol–water partition coefficient (Wildman–Crippen LogP) is 1.62. The van der Waals surface area contributed by atoms with E-state index in [9.17, 15) is 8.42 Å². The van der Waals surface area contributed by atoms with Gasteiger partial charge in [-0.05, 0) is 52.4 Å². The number of thiophene rings is 1. The fourth-order valence-corrected chi connectivity index (χ4v) is 4.27. The van der Waals surface area contributed by atoms with Crippen LogP contribution in [0.15, 0.2) is 16.3 Å². The van der Waals surface area contributed by atoms with Crippen molar-refractivity contribution in [3.05, 3.63) is 16.3 Å². The predicted molar refractivity (Wildman–Crippen MR) is 87.2 cm³/mol. The minimum Gasteiger partial charge on any atom is -0.309 e. The van der Waals surface area contributed by atoms with E-state index in [0.29, 0.717) is 17.5 Å². The summed E-state index contributed by atoms with van der Waals surface area (Å²) in [5.41, 5.74) is 0. The van der Waals surface area contributed by atoms with Crippen LogP contribution in [-0.2, 0) is 16.6 Å². The third-order valence-corrected chi connectivity index (χ3v) is 5.93. The molecule has 1 fully saturated rings. The lowest BCUT2D eigenvalue weighted by Gasteiger charge is -2.09. The summed E-state index contributed by atoms with van der Waals surface area (Å²) < 4.78 is 27.0. The highest BCUT2D eigenvalue weighted by atomic mass is 32.2. The van der Waals surface area contributed by atoms with Crippen LogP contribution in [0.4, 0.5) is 0 Å². The van der Waals surface area contributed by atoms with Gasteiger partial charge in [0.05, 0.1) is 4.90 Å². The van der Waals surface area contributed by atoms with Gasteiger partial charge in [0.2, 0.25) is 10.0 Å². The quantitative estimate of drug-likeness (QED) is 0.640. The van der Waals surface area contributed by atoms with Crippen molar-refractivity contribution in [3.63, 3.8) is 0 Å². The van der Waals surface area contributed by atoms with Crippen molar-refractivity contribution in [3.8, 4) is 0 Å². The first-order chi connectivity index (χ1) is 9.97. The summed E-state index contributed by atoms with van der Waals surface area (Å²) in [4.78, 5) is 3.58. The molecule has 0 amide bonds. The van der Waals surface area contributed by atoms with Crippen molar-refractivity contribution in [1.29, 1.82) is 0 Å². The molecular formula is C14H25N3O2S2. The zero-order valence-corrected chi connectivity index (χ0v) is 14.4. The van der Waals surface area contributed by atoms with Gasteiger partial charge in [-0.2, -0.15) is 0 Å². The van der Waals surface area contributed by atoms with Crippen LogP contribution in [0, 0.1) is 0 Å². The molecule has 0 bridgehead atoms. The molecule has 1 aliphatic carbocycles. The van der Waals surface area contributed by atoms with Gasteiger partial charge in [0.25, 0.3) is 0 Å². The zero-order valence-electron chi connectivity index (χ0n) is 12.8. The molecule has 1 heterocycles. The molecule has 120 valence electrons. The van der Waals surface area contributed by atoms with Crippen LogP contribution in [0.2, 0.25) is 0 Å². The molecule has 1 aromatic heterocycles. The highest BCUT2D eigenvalue weighted by Crippen LogP contribution is 2.22. The molecule has 2 N–H and O–H groups in total. The highest BCUT2D eigenvalue weighted by molar-refractivity contribution is 7.89.